The lowest BCUT2D eigenvalue weighted by molar-refractivity contribution is -0.145. The Labute approximate surface area is 174 Å². The molecule has 0 aliphatic rings. The number of ether oxygens (including phenoxy) is 3. The third-order valence-corrected chi connectivity index (χ3v) is 4.10. The number of para-hydroxylation sites is 2. The molecule has 0 aliphatic carbocycles. The fourth-order valence-corrected chi connectivity index (χ4v) is 2.64. The zero-order chi connectivity index (χ0) is 21.2. The monoisotopic (exact) mass is 408 g/mol. The van der Waals surface area contributed by atoms with E-state index in [0.717, 1.165) is 5.56 Å². The summed E-state index contributed by atoms with van der Waals surface area (Å²) in [7, 11) is 0. The van der Waals surface area contributed by atoms with Gasteiger partial charge in [-0.3, -0.25) is 9.59 Å². The maximum atomic E-state index is 13.5. The largest absolute Gasteiger partial charge is 0.461 e. The van der Waals surface area contributed by atoms with Crippen molar-refractivity contribution < 1.29 is 28.2 Å². The van der Waals surface area contributed by atoms with Crippen LogP contribution in [0.2, 0.25) is 0 Å². The zero-order valence-corrected chi connectivity index (χ0v) is 16.3. The molecule has 30 heavy (non-hydrogen) atoms. The molecule has 0 aromatic heterocycles. The van der Waals surface area contributed by atoms with E-state index in [1.807, 2.05) is 48.5 Å². The lowest BCUT2D eigenvalue weighted by Crippen LogP contribution is -2.10. The van der Waals surface area contributed by atoms with Gasteiger partial charge >= 0.3 is 11.9 Å². The Balaban J connectivity index is 1.39. The highest BCUT2D eigenvalue weighted by Gasteiger charge is 2.11. The van der Waals surface area contributed by atoms with Crippen molar-refractivity contribution in [2.24, 2.45) is 0 Å². The summed E-state index contributed by atoms with van der Waals surface area (Å²) in [4.78, 5) is 23.7. The van der Waals surface area contributed by atoms with Gasteiger partial charge in [-0.05, 0) is 48.4 Å². The van der Waals surface area contributed by atoms with E-state index in [1.165, 1.54) is 18.2 Å². The Kier molecular flexibility index (Phi) is 7.55. The summed E-state index contributed by atoms with van der Waals surface area (Å²) in [5.74, 6) is -0.396. The topological polar surface area (TPSA) is 61.8 Å². The second-order valence-corrected chi connectivity index (χ2v) is 6.48. The van der Waals surface area contributed by atoms with Crippen molar-refractivity contribution in [3.05, 3.63) is 90.2 Å². The Morgan fingerprint density at radius 3 is 2.27 bits per heavy atom. The number of rotatable bonds is 9. The molecule has 0 N–H and O–H groups in total. The second-order valence-electron chi connectivity index (χ2n) is 6.48. The molecule has 0 amide bonds. The first-order chi connectivity index (χ1) is 14.6. The SMILES string of the molecule is O=C(CCCC(=O)Oc1ccccc1F)OCc1cccc(Oc2ccccc2)c1. The van der Waals surface area contributed by atoms with Gasteiger partial charge in [0.1, 0.15) is 18.1 Å². The average Bonchev–Trinajstić information content (AvgIpc) is 2.75. The first-order valence-electron chi connectivity index (χ1n) is 9.53. The lowest BCUT2D eigenvalue weighted by atomic mass is 10.2. The maximum absolute atomic E-state index is 13.5. The number of carbonyl (C=O) groups excluding carboxylic acids is 2. The van der Waals surface area contributed by atoms with Crippen LogP contribution in [-0.4, -0.2) is 11.9 Å². The third-order valence-electron chi connectivity index (χ3n) is 4.10. The van der Waals surface area contributed by atoms with E-state index in [2.05, 4.69) is 0 Å². The lowest BCUT2D eigenvalue weighted by Gasteiger charge is -2.09. The molecule has 0 saturated carbocycles. The molecule has 0 aliphatic heterocycles. The number of hydrogen-bond donors (Lipinski definition) is 0. The average molecular weight is 408 g/mol. The van der Waals surface area contributed by atoms with Gasteiger partial charge < -0.3 is 14.2 Å². The van der Waals surface area contributed by atoms with Gasteiger partial charge in [0.25, 0.3) is 0 Å². The van der Waals surface area contributed by atoms with Crippen LogP contribution < -0.4 is 9.47 Å². The molecule has 6 heteroatoms. The molecule has 0 unspecified atom stereocenters. The minimum absolute atomic E-state index is 0.0101. The van der Waals surface area contributed by atoms with Crippen LogP contribution in [0.5, 0.6) is 17.2 Å². The van der Waals surface area contributed by atoms with E-state index in [1.54, 1.807) is 12.1 Å². The van der Waals surface area contributed by atoms with Gasteiger partial charge in [-0.1, -0.05) is 42.5 Å². The highest BCUT2D eigenvalue weighted by Crippen LogP contribution is 2.22. The first kappa shape index (κ1) is 21.0. The minimum atomic E-state index is -0.608. The summed E-state index contributed by atoms with van der Waals surface area (Å²) in [5, 5.41) is 0. The van der Waals surface area contributed by atoms with Crippen LogP contribution in [0, 0.1) is 5.82 Å². The Morgan fingerprint density at radius 2 is 1.47 bits per heavy atom. The summed E-state index contributed by atoms with van der Waals surface area (Å²) in [6.45, 7) is 0.102. The molecular formula is C24H21FO5. The number of carbonyl (C=O) groups is 2. The van der Waals surface area contributed by atoms with Crippen molar-refractivity contribution >= 4 is 11.9 Å². The summed E-state index contributed by atoms with van der Waals surface area (Å²) in [6, 6.07) is 22.3. The molecule has 0 heterocycles. The molecule has 3 rings (SSSR count). The van der Waals surface area contributed by atoms with Crippen LogP contribution in [0.1, 0.15) is 24.8 Å². The maximum Gasteiger partial charge on any atom is 0.311 e. The molecule has 0 atom stereocenters. The van der Waals surface area contributed by atoms with Crippen LogP contribution >= 0.6 is 0 Å². The Morgan fingerprint density at radius 1 is 0.767 bits per heavy atom. The van der Waals surface area contributed by atoms with Crippen LogP contribution in [0.3, 0.4) is 0 Å². The number of esters is 2. The number of hydrogen-bond acceptors (Lipinski definition) is 5. The van der Waals surface area contributed by atoms with Crippen molar-refractivity contribution in [1.82, 2.24) is 0 Å². The Bertz CT molecular complexity index is 988. The van der Waals surface area contributed by atoms with Crippen molar-refractivity contribution in [3.63, 3.8) is 0 Å². The number of halogens is 1. The quantitative estimate of drug-likeness (QED) is 0.349. The van der Waals surface area contributed by atoms with Crippen molar-refractivity contribution in [3.8, 4) is 17.2 Å². The molecule has 5 nitrogen and oxygen atoms in total. The highest BCUT2D eigenvalue weighted by molar-refractivity contribution is 5.74. The van der Waals surface area contributed by atoms with Gasteiger partial charge in [-0.15, -0.1) is 0 Å². The smallest absolute Gasteiger partial charge is 0.311 e. The summed E-state index contributed by atoms with van der Waals surface area (Å²) in [5.41, 5.74) is 0.788. The van der Waals surface area contributed by atoms with Gasteiger partial charge in [-0.2, -0.15) is 0 Å². The molecule has 0 saturated heterocycles. The highest BCUT2D eigenvalue weighted by atomic mass is 19.1. The van der Waals surface area contributed by atoms with E-state index >= 15 is 0 Å². The molecule has 0 spiro atoms. The van der Waals surface area contributed by atoms with Crippen LogP contribution in [0.4, 0.5) is 4.39 Å². The fraction of sp³-hybridized carbons (Fsp3) is 0.167. The van der Waals surface area contributed by atoms with E-state index in [4.69, 9.17) is 14.2 Å². The van der Waals surface area contributed by atoms with Gasteiger partial charge in [-0.25, -0.2) is 4.39 Å². The van der Waals surface area contributed by atoms with Crippen molar-refractivity contribution in [2.45, 2.75) is 25.9 Å². The first-order valence-corrected chi connectivity index (χ1v) is 9.53. The van der Waals surface area contributed by atoms with Crippen molar-refractivity contribution in [2.75, 3.05) is 0 Å². The van der Waals surface area contributed by atoms with Gasteiger partial charge in [0.05, 0.1) is 0 Å². The van der Waals surface area contributed by atoms with Gasteiger partial charge in [0.2, 0.25) is 0 Å². The third kappa shape index (κ3) is 6.74. The predicted octanol–water partition coefficient (Wildman–Crippen LogP) is 5.44. The predicted molar refractivity (Wildman–Crippen MR) is 109 cm³/mol. The zero-order valence-electron chi connectivity index (χ0n) is 16.3. The number of benzene rings is 3. The van der Waals surface area contributed by atoms with E-state index < -0.39 is 17.8 Å². The van der Waals surface area contributed by atoms with E-state index in [0.29, 0.717) is 11.5 Å². The van der Waals surface area contributed by atoms with Gasteiger partial charge in [0, 0.05) is 12.8 Å². The Hall–Kier alpha value is -3.67. The van der Waals surface area contributed by atoms with E-state index in [-0.39, 0.29) is 31.6 Å². The molecule has 0 bridgehead atoms. The molecular weight excluding hydrogens is 387 g/mol. The van der Waals surface area contributed by atoms with Crippen LogP contribution in [0.25, 0.3) is 0 Å². The molecule has 0 fully saturated rings. The minimum Gasteiger partial charge on any atom is -0.461 e. The van der Waals surface area contributed by atoms with Crippen LogP contribution in [0.15, 0.2) is 78.9 Å². The second kappa shape index (κ2) is 10.8. The molecule has 154 valence electrons. The van der Waals surface area contributed by atoms with Crippen LogP contribution in [-0.2, 0) is 20.9 Å². The van der Waals surface area contributed by atoms with Crippen molar-refractivity contribution in [1.29, 1.82) is 0 Å². The molecule has 3 aromatic rings. The molecule has 3 aromatic carbocycles. The standard InChI is InChI=1S/C24H21FO5/c25-21-12-4-5-13-22(21)30-24(27)15-7-14-23(26)28-17-18-8-6-11-20(16-18)29-19-9-2-1-3-10-19/h1-6,8-13,16H,7,14-15,17H2. The summed E-state index contributed by atoms with van der Waals surface area (Å²) in [6.07, 6.45) is 0.305. The van der Waals surface area contributed by atoms with E-state index in [9.17, 15) is 14.0 Å². The summed E-state index contributed by atoms with van der Waals surface area (Å²) < 4.78 is 29.4. The fourth-order valence-electron chi connectivity index (χ4n) is 2.64. The molecule has 0 radical (unpaired) electrons. The summed E-state index contributed by atoms with van der Waals surface area (Å²) >= 11 is 0. The normalized spacial score (nSPS) is 10.3. The van der Waals surface area contributed by atoms with Gasteiger partial charge in [0.15, 0.2) is 11.6 Å².